The van der Waals surface area contributed by atoms with E-state index in [1.807, 2.05) is 49.4 Å². The van der Waals surface area contributed by atoms with E-state index in [0.717, 1.165) is 41.8 Å². The summed E-state index contributed by atoms with van der Waals surface area (Å²) in [6.07, 6.45) is 7.02. The average molecular weight is 745 g/mol. The van der Waals surface area contributed by atoms with Crippen LogP contribution in [0.5, 0.6) is 5.75 Å². The predicted octanol–water partition coefficient (Wildman–Crippen LogP) is 4.99. The van der Waals surface area contributed by atoms with Crippen LogP contribution in [0.25, 0.3) is 0 Å². The van der Waals surface area contributed by atoms with E-state index in [1.54, 1.807) is 52.0 Å². The molecule has 6 rings (SSSR count). The van der Waals surface area contributed by atoms with Gasteiger partial charge in [0.05, 0.1) is 43.2 Å². The van der Waals surface area contributed by atoms with Crippen LogP contribution in [0, 0.1) is 5.92 Å². The number of aliphatic hydroxyl groups is 3. The van der Waals surface area contributed by atoms with Gasteiger partial charge in [0.1, 0.15) is 5.75 Å². The Kier molecular flexibility index (Phi) is 12.2. The van der Waals surface area contributed by atoms with Gasteiger partial charge in [-0.25, -0.2) is 0 Å². The molecular formula is C41H49ClN4O7. The van der Waals surface area contributed by atoms with E-state index in [1.165, 1.54) is 0 Å². The van der Waals surface area contributed by atoms with Gasteiger partial charge in [-0.2, -0.15) is 0 Å². The molecule has 11 nitrogen and oxygen atoms in total. The molecule has 0 saturated carbocycles. The van der Waals surface area contributed by atoms with E-state index in [2.05, 4.69) is 5.32 Å². The molecule has 3 aliphatic rings. The average Bonchev–Trinajstić information content (AvgIpc) is 3.72. The van der Waals surface area contributed by atoms with Crippen molar-refractivity contribution in [1.82, 2.24) is 10.2 Å². The van der Waals surface area contributed by atoms with Crippen molar-refractivity contribution < 1.29 is 34.4 Å². The van der Waals surface area contributed by atoms with Crippen LogP contribution in [0.3, 0.4) is 0 Å². The van der Waals surface area contributed by atoms with Gasteiger partial charge >= 0.3 is 0 Å². The maximum Gasteiger partial charge on any atom is 0.264 e. The Labute approximate surface area is 315 Å². The molecule has 1 unspecified atom stereocenters. The van der Waals surface area contributed by atoms with Gasteiger partial charge in [0.15, 0.2) is 5.60 Å². The van der Waals surface area contributed by atoms with Crippen molar-refractivity contribution in [2.24, 2.45) is 5.92 Å². The van der Waals surface area contributed by atoms with Gasteiger partial charge in [0.25, 0.3) is 5.91 Å². The molecule has 1 fully saturated rings. The Morgan fingerprint density at radius 3 is 2.58 bits per heavy atom. The van der Waals surface area contributed by atoms with Crippen LogP contribution in [0.2, 0.25) is 5.02 Å². The summed E-state index contributed by atoms with van der Waals surface area (Å²) in [5.41, 5.74) is 2.26. The smallest absolute Gasteiger partial charge is 0.264 e. The molecule has 3 aliphatic heterocycles. The van der Waals surface area contributed by atoms with Crippen molar-refractivity contribution in [3.8, 4) is 5.75 Å². The molecule has 4 N–H and O–H groups in total. The fraction of sp³-hybridized carbons (Fsp3) is 0.439. The first-order valence-electron chi connectivity index (χ1n) is 18.5. The number of halogens is 1. The third-order valence-electron chi connectivity index (χ3n) is 10.6. The van der Waals surface area contributed by atoms with E-state index in [0.29, 0.717) is 54.5 Å². The first kappa shape index (κ1) is 38.5. The second kappa shape index (κ2) is 16.8. The Bertz CT molecular complexity index is 1840. The highest BCUT2D eigenvalue weighted by Crippen LogP contribution is 2.47. The summed E-state index contributed by atoms with van der Waals surface area (Å²) in [5, 5.41) is 34.7. The number of unbranched alkanes of at least 4 members (excludes halogenated alkanes) is 1. The fourth-order valence-electron chi connectivity index (χ4n) is 7.71. The van der Waals surface area contributed by atoms with Crippen molar-refractivity contribution in [2.75, 3.05) is 42.7 Å². The number of fused-ring (bicyclic) bond motifs is 2. The Morgan fingerprint density at radius 2 is 1.85 bits per heavy atom. The standard InChI is InChI=1S/C41H49ClN4O7/c1-3-53-33-16-18-36-29(22-33)23-35(43-19-4-5-21-47)39(50)46(36)31-14-11-28(12-15-31)25-45-37-17-13-30(42)24-34(37)41(52,40(45)51)27(2)8-6-10-38(49)44-20-7-9-32(44)26-48/h6,8,11-18,22,24,27,32,35,43,47-48,52H,3-5,7,9-10,19-21,23,25-26H2,1-2H3/b8-6+/t27-,32+,35?,41+/m1/s1. The zero-order valence-electron chi connectivity index (χ0n) is 30.3. The first-order chi connectivity index (χ1) is 25.6. The summed E-state index contributed by atoms with van der Waals surface area (Å²) >= 11 is 6.39. The van der Waals surface area contributed by atoms with Crippen molar-refractivity contribution in [3.63, 3.8) is 0 Å². The maximum atomic E-state index is 14.2. The minimum absolute atomic E-state index is 0.0685. The van der Waals surface area contributed by atoms with Gasteiger partial charge in [0.2, 0.25) is 11.8 Å². The number of rotatable bonds is 15. The van der Waals surface area contributed by atoms with Crippen molar-refractivity contribution in [2.45, 2.75) is 76.6 Å². The Balaban J connectivity index is 1.21. The molecule has 3 heterocycles. The molecule has 4 atom stereocenters. The number of aliphatic hydroxyl groups excluding tert-OH is 2. The molecule has 282 valence electrons. The highest BCUT2D eigenvalue weighted by Gasteiger charge is 2.52. The van der Waals surface area contributed by atoms with E-state index >= 15 is 0 Å². The molecule has 0 spiro atoms. The van der Waals surface area contributed by atoms with E-state index in [9.17, 15) is 29.7 Å². The number of amides is 3. The van der Waals surface area contributed by atoms with Gasteiger partial charge in [-0.05, 0) is 105 Å². The fourth-order valence-corrected chi connectivity index (χ4v) is 7.89. The van der Waals surface area contributed by atoms with Gasteiger partial charge < -0.3 is 35.2 Å². The van der Waals surface area contributed by atoms with Crippen LogP contribution >= 0.6 is 11.6 Å². The number of carbonyl (C=O) groups excluding carboxylic acids is 3. The normalized spacial score (nSPS) is 21.7. The topological polar surface area (TPSA) is 143 Å². The largest absolute Gasteiger partial charge is 0.494 e. The number of nitrogens with zero attached hydrogens (tertiary/aromatic N) is 3. The summed E-state index contributed by atoms with van der Waals surface area (Å²) in [6.45, 7) is 5.61. The molecule has 0 bridgehead atoms. The third kappa shape index (κ3) is 7.86. The van der Waals surface area contributed by atoms with Crippen LogP contribution < -0.4 is 19.9 Å². The molecular weight excluding hydrogens is 696 g/mol. The molecule has 53 heavy (non-hydrogen) atoms. The van der Waals surface area contributed by atoms with E-state index in [4.69, 9.17) is 16.3 Å². The molecule has 1 saturated heterocycles. The third-order valence-corrected chi connectivity index (χ3v) is 10.8. The highest BCUT2D eigenvalue weighted by molar-refractivity contribution is 6.31. The molecule has 0 radical (unpaired) electrons. The minimum Gasteiger partial charge on any atom is -0.494 e. The summed E-state index contributed by atoms with van der Waals surface area (Å²) in [6, 6.07) is 17.7. The van der Waals surface area contributed by atoms with Crippen LogP contribution in [0.1, 0.15) is 62.6 Å². The van der Waals surface area contributed by atoms with Gasteiger partial charge in [-0.1, -0.05) is 42.8 Å². The highest BCUT2D eigenvalue weighted by atomic mass is 35.5. The van der Waals surface area contributed by atoms with Crippen molar-refractivity contribution in [3.05, 3.63) is 94.5 Å². The molecule has 3 amide bonds. The quantitative estimate of drug-likeness (QED) is 0.126. The predicted molar refractivity (Wildman–Crippen MR) is 204 cm³/mol. The van der Waals surface area contributed by atoms with Gasteiger partial charge in [-0.3, -0.25) is 19.3 Å². The number of ether oxygens (including phenoxy) is 1. The minimum atomic E-state index is -1.91. The van der Waals surface area contributed by atoms with Gasteiger partial charge in [-0.15, -0.1) is 0 Å². The monoisotopic (exact) mass is 744 g/mol. The van der Waals surface area contributed by atoms with Crippen LogP contribution in [-0.4, -0.2) is 82.9 Å². The van der Waals surface area contributed by atoms with E-state index in [-0.39, 0.29) is 44.0 Å². The number of anilines is 3. The van der Waals surface area contributed by atoms with Gasteiger partial charge in [0, 0.05) is 41.8 Å². The summed E-state index contributed by atoms with van der Waals surface area (Å²) in [7, 11) is 0. The second-order valence-electron chi connectivity index (χ2n) is 14.0. The summed E-state index contributed by atoms with van der Waals surface area (Å²) in [5.74, 6) is -0.622. The number of carbonyl (C=O) groups is 3. The molecule has 12 heteroatoms. The zero-order chi connectivity index (χ0) is 37.7. The van der Waals surface area contributed by atoms with Crippen molar-refractivity contribution in [1.29, 1.82) is 0 Å². The lowest BCUT2D eigenvalue weighted by Crippen LogP contribution is -2.49. The SMILES string of the molecule is CCOc1ccc2c(c1)CC(NCCCCO)C(=O)N2c1ccc(CN2C(=O)[C@](O)([C@H](C)/C=C/CC(=O)N3CCC[C@H]3CO)c3cc(Cl)ccc32)cc1. The van der Waals surface area contributed by atoms with Crippen LogP contribution in [0.15, 0.2) is 72.8 Å². The lowest BCUT2D eigenvalue weighted by molar-refractivity contribution is -0.139. The van der Waals surface area contributed by atoms with E-state index < -0.39 is 23.5 Å². The Hall–Kier alpha value is -4.26. The van der Waals surface area contributed by atoms with Crippen LogP contribution in [0.4, 0.5) is 17.1 Å². The molecule has 3 aromatic rings. The molecule has 0 aliphatic carbocycles. The van der Waals surface area contributed by atoms with Crippen molar-refractivity contribution >= 4 is 46.4 Å². The molecule has 0 aromatic heterocycles. The van der Waals surface area contributed by atoms with Crippen LogP contribution in [-0.2, 0) is 33.0 Å². The zero-order valence-corrected chi connectivity index (χ0v) is 31.1. The number of nitrogens with one attached hydrogen (secondary N) is 1. The second-order valence-corrected chi connectivity index (χ2v) is 14.4. The summed E-state index contributed by atoms with van der Waals surface area (Å²) < 4.78 is 5.76. The number of likely N-dealkylation sites (tertiary alicyclic amines) is 1. The first-order valence-corrected chi connectivity index (χ1v) is 18.9. The number of hydrogen-bond donors (Lipinski definition) is 4. The lowest BCUT2D eigenvalue weighted by Gasteiger charge is -2.35. The lowest BCUT2D eigenvalue weighted by atomic mass is 9.83. The number of hydrogen-bond acceptors (Lipinski definition) is 8. The molecule has 3 aromatic carbocycles. The maximum absolute atomic E-state index is 14.2. The summed E-state index contributed by atoms with van der Waals surface area (Å²) in [4.78, 5) is 45.9. The Morgan fingerprint density at radius 1 is 1.08 bits per heavy atom. The number of benzene rings is 3.